The molecule has 0 heterocycles. The number of sulfonamides is 1. The minimum atomic E-state index is -4.08. The molecule has 0 radical (unpaired) electrons. The molecule has 3 aromatic carbocycles. The van der Waals surface area contributed by atoms with E-state index in [1.165, 1.54) is 17.0 Å². The lowest BCUT2D eigenvalue weighted by Crippen LogP contribution is -2.52. The summed E-state index contributed by atoms with van der Waals surface area (Å²) in [5.41, 5.74) is 2.86. The fourth-order valence-electron chi connectivity index (χ4n) is 4.05. The predicted octanol–water partition coefficient (Wildman–Crippen LogP) is 4.83. The summed E-state index contributed by atoms with van der Waals surface area (Å²) in [5.74, 6) is -0.756. The first-order valence-electron chi connectivity index (χ1n) is 12.8. The molecule has 8 heteroatoms. The van der Waals surface area contributed by atoms with Crippen molar-refractivity contribution >= 4 is 27.5 Å². The van der Waals surface area contributed by atoms with Crippen LogP contribution in [0.3, 0.4) is 0 Å². The van der Waals surface area contributed by atoms with Gasteiger partial charge in [0.15, 0.2) is 0 Å². The van der Waals surface area contributed by atoms with Gasteiger partial charge in [0.25, 0.3) is 10.0 Å². The molecule has 0 saturated heterocycles. The van der Waals surface area contributed by atoms with Crippen LogP contribution in [-0.2, 0) is 26.2 Å². The largest absolute Gasteiger partial charge is 0.352 e. The van der Waals surface area contributed by atoms with Crippen molar-refractivity contribution in [3.63, 3.8) is 0 Å². The van der Waals surface area contributed by atoms with E-state index in [1.807, 2.05) is 70.2 Å². The molecule has 0 bridgehead atoms. The van der Waals surface area contributed by atoms with Crippen LogP contribution >= 0.6 is 0 Å². The van der Waals surface area contributed by atoms with Gasteiger partial charge >= 0.3 is 0 Å². The molecule has 0 saturated carbocycles. The van der Waals surface area contributed by atoms with Gasteiger partial charge in [-0.05, 0) is 69.0 Å². The van der Waals surface area contributed by atoms with Gasteiger partial charge in [0.2, 0.25) is 11.8 Å². The summed E-state index contributed by atoms with van der Waals surface area (Å²) in [6, 6.07) is 22.1. The third-order valence-corrected chi connectivity index (χ3v) is 8.38. The Kier molecular flexibility index (Phi) is 9.69. The Bertz CT molecular complexity index is 1340. The summed E-state index contributed by atoms with van der Waals surface area (Å²) in [4.78, 5) is 28.6. The highest BCUT2D eigenvalue weighted by atomic mass is 32.2. The Morgan fingerprint density at radius 2 is 1.50 bits per heavy atom. The summed E-state index contributed by atoms with van der Waals surface area (Å²) >= 11 is 0. The maximum absolute atomic E-state index is 13.9. The number of hydrogen-bond acceptors (Lipinski definition) is 4. The number of anilines is 1. The zero-order chi connectivity index (χ0) is 27.9. The SMILES string of the molecule is CCC(C)NC(=O)C(C)N(Cc1ccccc1)C(=O)CN(c1cc(C)ccc1C)S(=O)(=O)c1ccccc1. The average Bonchev–Trinajstić information content (AvgIpc) is 2.92. The van der Waals surface area contributed by atoms with Crippen molar-refractivity contribution in [2.45, 2.75) is 64.6 Å². The molecule has 2 atom stereocenters. The molecule has 0 fully saturated rings. The molecule has 7 nitrogen and oxygen atoms in total. The maximum Gasteiger partial charge on any atom is 0.264 e. The van der Waals surface area contributed by atoms with Crippen molar-refractivity contribution in [2.75, 3.05) is 10.8 Å². The van der Waals surface area contributed by atoms with E-state index in [4.69, 9.17) is 0 Å². The summed E-state index contributed by atoms with van der Waals surface area (Å²) in [7, 11) is -4.08. The van der Waals surface area contributed by atoms with E-state index in [2.05, 4.69) is 5.32 Å². The molecule has 3 rings (SSSR count). The van der Waals surface area contributed by atoms with Crippen LogP contribution in [0, 0.1) is 13.8 Å². The molecule has 0 aliphatic carbocycles. The van der Waals surface area contributed by atoms with Gasteiger partial charge in [-0.1, -0.05) is 67.6 Å². The van der Waals surface area contributed by atoms with Crippen molar-refractivity contribution in [3.05, 3.63) is 95.6 Å². The molecular formula is C30H37N3O4S. The molecule has 0 aromatic heterocycles. The van der Waals surface area contributed by atoms with E-state index < -0.39 is 28.5 Å². The zero-order valence-corrected chi connectivity index (χ0v) is 23.5. The molecule has 1 N–H and O–H groups in total. The van der Waals surface area contributed by atoms with Crippen molar-refractivity contribution in [2.24, 2.45) is 0 Å². The number of aryl methyl sites for hydroxylation is 2. The summed E-state index contributed by atoms with van der Waals surface area (Å²) < 4.78 is 28.9. The Labute approximate surface area is 226 Å². The maximum atomic E-state index is 13.9. The lowest BCUT2D eigenvalue weighted by atomic mass is 10.1. The predicted molar refractivity (Wildman–Crippen MR) is 151 cm³/mol. The van der Waals surface area contributed by atoms with Gasteiger partial charge < -0.3 is 10.2 Å². The number of carbonyl (C=O) groups is 2. The van der Waals surface area contributed by atoms with E-state index in [-0.39, 0.29) is 23.4 Å². The molecule has 38 heavy (non-hydrogen) atoms. The minimum absolute atomic E-state index is 0.0523. The van der Waals surface area contributed by atoms with Crippen LogP contribution in [0.2, 0.25) is 0 Å². The van der Waals surface area contributed by atoms with Crippen molar-refractivity contribution < 1.29 is 18.0 Å². The third-order valence-electron chi connectivity index (χ3n) is 6.61. The molecule has 202 valence electrons. The van der Waals surface area contributed by atoms with Crippen LogP contribution in [0.4, 0.5) is 5.69 Å². The van der Waals surface area contributed by atoms with E-state index in [1.54, 1.807) is 31.2 Å². The summed E-state index contributed by atoms with van der Waals surface area (Å²) in [5, 5.41) is 2.94. The number of benzene rings is 3. The summed E-state index contributed by atoms with van der Waals surface area (Å²) in [6.45, 7) is 8.96. The molecule has 2 amide bonds. The number of hydrogen-bond donors (Lipinski definition) is 1. The van der Waals surface area contributed by atoms with Crippen LogP contribution in [0.5, 0.6) is 0 Å². The first kappa shape index (κ1) is 28.9. The fraction of sp³-hybridized carbons (Fsp3) is 0.333. The Morgan fingerprint density at radius 1 is 0.895 bits per heavy atom. The van der Waals surface area contributed by atoms with Crippen LogP contribution in [0.15, 0.2) is 83.8 Å². The molecule has 2 unspecified atom stereocenters. The van der Waals surface area contributed by atoms with E-state index in [0.717, 1.165) is 27.4 Å². The van der Waals surface area contributed by atoms with E-state index in [0.29, 0.717) is 5.69 Å². The number of nitrogens with one attached hydrogen (secondary N) is 1. The summed E-state index contributed by atoms with van der Waals surface area (Å²) in [6.07, 6.45) is 0.751. The third kappa shape index (κ3) is 7.01. The number of nitrogens with zero attached hydrogens (tertiary/aromatic N) is 2. The molecule has 0 spiro atoms. The molecular weight excluding hydrogens is 498 g/mol. The van der Waals surface area contributed by atoms with Gasteiger partial charge in [-0.3, -0.25) is 13.9 Å². The highest BCUT2D eigenvalue weighted by Gasteiger charge is 2.33. The van der Waals surface area contributed by atoms with Gasteiger partial charge in [-0.25, -0.2) is 8.42 Å². The molecule has 3 aromatic rings. The first-order valence-corrected chi connectivity index (χ1v) is 14.3. The van der Waals surface area contributed by atoms with Crippen molar-refractivity contribution in [3.8, 4) is 0 Å². The number of carbonyl (C=O) groups excluding carboxylic acids is 2. The quantitative estimate of drug-likeness (QED) is 0.381. The molecule has 0 aliphatic heterocycles. The van der Waals surface area contributed by atoms with Gasteiger partial charge in [-0.15, -0.1) is 0 Å². The minimum Gasteiger partial charge on any atom is -0.352 e. The Balaban J connectivity index is 2.04. The topological polar surface area (TPSA) is 86.8 Å². The Morgan fingerprint density at radius 3 is 2.11 bits per heavy atom. The van der Waals surface area contributed by atoms with Crippen LogP contribution in [0.25, 0.3) is 0 Å². The van der Waals surface area contributed by atoms with Crippen LogP contribution in [-0.4, -0.2) is 43.8 Å². The highest BCUT2D eigenvalue weighted by Crippen LogP contribution is 2.28. The fourth-order valence-corrected chi connectivity index (χ4v) is 5.54. The van der Waals surface area contributed by atoms with Crippen molar-refractivity contribution in [1.82, 2.24) is 10.2 Å². The van der Waals surface area contributed by atoms with Crippen molar-refractivity contribution in [1.29, 1.82) is 0 Å². The average molecular weight is 536 g/mol. The first-order chi connectivity index (χ1) is 18.0. The van der Waals surface area contributed by atoms with E-state index in [9.17, 15) is 18.0 Å². The second kappa shape index (κ2) is 12.7. The smallest absolute Gasteiger partial charge is 0.264 e. The molecule has 0 aliphatic rings. The Hall–Kier alpha value is -3.65. The normalized spacial score (nSPS) is 12.9. The second-order valence-electron chi connectivity index (χ2n) is 9.62. The van der Waals surface area contributed by atoms with Gasteiger partial charge in [0, 0.05) is 12.6 Å². The van der Waals surface area contributed by atoms with Gasteiger partial charge in [-0.2, -0.15) is 0 Å². The monoisotopic (exact) mass is 535 g/mol. The van der Waals surface area contributed by atoms with Crippen LogP contribution in [0.1, 0.15) is 43.9 Å². The second-order valence-corrected chi connectivity index (χ2v) is 11.5. The van der Waals surface area contributed by atoms with Crippen LogP contribution < -0.4 is 9.62 Å². The van der Waals surface area contributed by atoms with Gasteiger partial charge in [0.1, 0.15) is 12.6 Å². The number of amides is 2. The van der Waals surface area contributed by atoms with Gasteiger partial charge in [0.05, 0.1) is 10.6 Å². The number of rotatable bonds is 11. The lowest BCUT2D eigenvalue weighted by molar-refractivity contribution is -0.139. The highest BCUT2D eigenvalue weighted by molar-refractivity contribution is 7.92. The standard InChI is InChI=1S/C30H37N3O4S/c1-6-24(4)31-30(35)25(5)32(20-26-13-9-7-10-14-26)29(34)21-33(28-19-22(2)17-18-23(28)3)38(36,37)27-15-11-8-12-16-27/h7-19,24-25H,6,20-21H2,1-5H3,(H,31,35). The lowest BCUT2D eigenvalue weighted by Gasteiger charge is -2.33. The van der Waals surface area contributed by atoms with E-state index >= 15 is 0 Å². The zero-order valence-electron chi connectivity index (χ0n) is 22.7.